The summed E-state index contributed by atoms with van der Waals surface area (Å²) in [4.78, 5) is 36.8. The third kappa shape index (κ3) is 3.71. The number of furan rings is 1. The monoisotopic (exact) mass is 386 g/mol. The van der Waals surface area contributed by atoms with Crippen LogP contribution in [0.25, 0.3) is 11.0 Å². The van der Waals surface area contributed by atoms with Crippen molar-refractivity contribution in [2.45, 2.75) is 33.2 Å². The summed E-state index contributed by atoms with van der Waals surface area (Å²) < 4.78 is 16.0. The Kier molecular flexibility index (Phi) is 5.67. The summed E-state index contributed by atoms with van der Waals surface area (Å²) >= 11 is 0. The van der Waals surface area contributed by atoms with Crippen LogP contribution >= 0.6 is 0 Å². The van der Waals surface area contributed by atoms with Crippen molar-refractivity contribution in [2.24, 2.45) is 0 Å². The maximum Gasteiger partial charge on any atom is 0.374 e. The topological polar surface area (TPSA) is 107 Å². The first kappa shape index (κ1) is 19.5. The molecule has 2 heterocycles. The minimum atomic E-state index is -0.676. The number of fused-ring (bicyclic) bond motifs is 1. The van der Waals surface area contributed by atoms with E-state index in [0.717, 1.165) is 5.39 Å². The lowest BCUT2D eigenvalue weighted by Gasteiger charge is -2.28. The number of ether oxygens (including phenoxy) is 2. The van der Waals surface area contributed by atoms with Crippen LogP contribution in [0, 0.1) is 6.92 Å². The molecule has 1 aromatic heterocycles. The second-order valence-corrected chi connectivity index (χ2v) is 6.30. The Bertz CT molecular complexity index is 959. The predicted octanol–water partition coefficient (Wildman–Crippen LogP) is 2.81. The number of carbonyl (C=O) groups excluding carboxylic acids is 3. The summed E-state index contributed by atoms with van der Waals surface area (Å²) in [6, 6.07) is 6.29. The number of esters is 2. The molecule has 0 unspecified atom stereocenters. The van der Waals surface area contributed by atoms with Gasteiger partial charge < -0.3 is 24.5 Å². The van der Waals surface area contributed by atoms with Crippen LogP contribution in [0.5, 0.6) is 0 Å². The zero-order valence-corrected chi connectivity index (χ0v) is 16.0. The van der Waals surface area contributed by atoms with Gasteiger partial charge in [-0.2, -0.15) is 0 Å². The normalized spacial score (nSPS) is 16.5. The molecule has 0 spiro atoms. The van der Waals surface area contributed by atoms with Gasteiger partial charge in [-0.3, -0.25) is 0 Å². The Hall–Kier alpha value is -3.29. The Morgan fingerprint density at radius 2 is 1.89 bits per heavy atom. The lowest BCUT2D eigenvalue weighted by molar-refractivity contribution is -0.139. The molecule has 8 heteroatoms. The van der Waals surface area contributed by atoms with Gasteiger partial charge in [0.1, 0.15) is 12.2 Å². The van der Waals surface area contributed by atoms with E-state index in [2.05, 4.69) is 10.6 Å². The predicted molar refractivity (Wildman–Crippen MR) is 101 cm³/mol. The molecular weight excluding hydrogens is 364 g/mol. The Morgan fingerprint density at radius 3 is 2.57 bits per heavy atom. The van der Waals surface area contributed by atoms with Gasteiger partial charge in [-0.25, -0.2) is 14.4 Å². The van der Waals surface area contributed by atoms with Crippen molar-refractivity contribution in [3.63, 3.8) is 0 Å². The number of nitrogens with one attached hydrogen (secondary N) is 2. The standard InChI is InChI=1S/C20H22N2O6/c1-4-13-16(18(23)26-5-2)14(22-20(25)21-13)10-27-19(24)17-11(3)12-8-6-7-9-15(12)28-17/h6-9,13H,4-5,10H2,1-3H3,(H2,21,22,25)/t13-/m1/s1. The number of amides is 2. The second-order valence-electron chi connectivity index (χ2n) is 6.30. The molecular formula is C20H22N2O6. The molecule has 1 aliphatic rings. The van der Waals surface area contributed by atoms with Crippen LogP contribution in [-0.4, -0.2) is 37.2 Å². The first-order valence-electron chi connectivity index (χ1n) is 9.09. The summed E-state index contributed by atoms with van der Waals surface area (Å²) in [5.74, 6) is -1.15. The van der Waals surface area contributed by atoms with Crippen LogP contribution in [0.2, 0.25) is 0 Å². The Balaban J connectivity index is 1.84. The summed E-state index contributed by atoms with van der Waals surface area (Å²) in [5.41, 5.74) is 1.70. The van der Waals surface area contributed by atoms with Crippen molar-refractivity contribution in [3.8, 4) is 0 Å². The summed E-state index contributed by atoms with van der Waals surface area (Å²) in [6.07, 6.45) is 0.488. The molecule has 2 N–H and O–H groups in total. The van der Waals surface area contributed by atoms with E-state index in [-0.39, 0.29) is 30.2 Å². The van der Waals surface area contributed by atoms with Crippen LogP contribution < -0.4 is 10.6 Å². The highest BCUT2D eigenvalue weighted by atomic mass is 16.5. The van der Waals surface area contributed by atoms with Crippen molar-refractivity contribution in [2.75, 3.05) is 13.2 Å². The summed E-state index contributed by atoms with van der Waals surface area (Å²) in [6.45, 7) is 5.20. The zero-order valence-electron chi connectivity index (χ0n) is 16.0. The van der Waals surface area contributed by atoms with E-state index >= 15 is 0 Å². The third-order valence-corrected chi connectivity index (χ3v) is 4.52. The van der Waals surface area contributed by atoms with E-state index in [0.29, 0.717) is 17.6 Å². The molecule has 2 amide bonds. The summed E-state index contributed by atoms with van der Waals surface area (Å²) in [7, 11) is 0. The fourth-order valence-corrected chi connectivity index (χ4v) is 3.15. The van der Waals surface area contributed by atoms with Gasteiger partial charge >= 0.3 is 18.0 Å². The number of para-hydroxylation sites is 1. The average Bonchev–Trinajstić information content (AvgIpc) is 3.02. The lowest BCUT2D eigenvalue weighted by Crippen LogP contribution is -2.51. The molecule has 3 rings (SSSR count). The van der Waals surface area contributed by atoms with Gasteiger partial charge in [0.25, 0.3) is 0 Å². The fourth-order valence-electron chi connectivity index (χ4n) is 3.15. The van der Waals surface area contributed by atoms with E-state index in [1.54, 1.807) is 19.9 Å². The van der Waals surface area contributed by atoms with Crippen molar-refractivity contribution < 1.29 is 28.3 Å². The highest BCUT2D eigenvalue weighted by Gasteiger charge is 2.32. The Labute approximate surface area is 161 Å². The number of hydrogen-bond donors (Lipinski definition) is 2. The van der Waals surface area contributed by atoms with Gasteiger partial charge in [0.2, 0.25) is 5.76 Å². The molecule has 0 saturated heterocycles. The lowest BCUT2D eigenvalue weighted by atomic mass is 10.0. The quantitative estimate of drug-likeness (QED) is 0.740. The SMILES string of the molecule is CCOC(=O)C1=C(COC(=O)c2oc3ccccc3c2C)NC(=O)N[C@@H]1CC. The first-order chi connectivity index (χ1) is 13.5. The molecule has 1 aliphatic heterocycles. The number of aryl methyl sites for hydroxylation is 1. The molecule has 0 fully saturated rings. The molecule has 0 bridgehead atoms. The minimum absolute atomic E-state index is 0.0896. The maximum atomic E-state index is 12.5. The second kappa shape index (κ2) is 8.16. The van der Waals surface area contributed by atoms with Crippen molar-refractivity contribution in [1.29, 1.82) is 0 Å². The van der Waals surface area contributed by atoms with Crippen LogP contribution in [0.1, 0.15) is 36.4 Å². The average molecular weight is 386 g/mol. The van der Waals surface area contributed by atoms with Crippen molar-refractivity contribution in [3.05, 3.63) is 46.9 Å². The van der Waals surface area contributed by atoms with Crippen molar-refractivity contribution in [1.82, 2.24) is 10.6 Å². The highest BCUT2D eigenvalue weighted by molar-refractivity contribution is 5.97. The summed E-state index contributed by atoms with van der Waals surface area (Å²) in [5, 5.41) is 6.02. The van der Waals surface area contributed by atoms with Gasteiger partial charge in [-0.05, 0) is 26.3 Å². The largest absolute Gasteiger partial charge is 0.463 e. The molecule has 1 aromatic carbocycles. The van der Waals surface area contributed by atoms with E-state index in [9.17, 15) is 14.4 Å². The smallest absolute Gasteiger partial charge is 0.374 e. The van der Waals surface area contributed by atoms with Crippen LogP contribution in [0.4, 0.5) is 4.79 Å². The van der Waals surface area contributed by atoms with E-state index in [4.69, 9.17) is 13.9 Å². The number of rotatable bonds is 6. The van der Waals surface area contributed by atoms with E-state index < -0.39 is 24.0 Å². The number of hydrogen-bond acceptors (Lipinski definition) is 6. The van der Waals surface area contributed by atoms with Gasteiger partial charge in [-0.15, -0.1) is 0 Å². The van der Waals surface area contributed by atoms with Crippen LogP contribution in [-0.2, 0) is 14.3 Å². The van der Waals surface area contributed by atoms with Gasteiger partial charge in [0.15, 0.2) is 0 Å². The molecule has 1 atom stereocenters. The van der Waals surface area contributed by atoms with Gasteiger partial charge in [0.05, 0.1) is 23.9 Å². The van der Waals surface area contributed by atoms with E-state index in [1.165, 1.54) is 0 Å². The highest BCUT2D eigenvalue weighted by Crippen LogP contribution is 2.26. The van der Waals surface area contributed by atoms with Crippen LogP contribution in [0.3, 0.4) is 0 Å². The van der Waals surface area contributed by atoms with Gasteiger partial charge in [0, 0.05) is 10.9 Å². The third-order valence-electron chi connectivity index (χ3n) is 4.52. The molecule has 148 valence electrons. The molecule has 8 nitrogen and oxygen atoms in total. The molecule has 0 aliphatic carbocycles. The fraction of sp³-hybridized carbons (Fsp3) is 0.350. The number of carbonyl (C=O) groups is 3. The number of benzene rings is 1. The molecule has 2 aromatic rings. The molecule has 0 radical (unpaired) electrons. The van der Waals surface area contributed by atoms with Gasteiger partial charge in [-0.1, -0.05) is 25.1 Å². The Morgan fingerprint density at radius 1 is 1.14 bits per heavy atom. The first-order valence-corrected chi connectivity index (χ1v) is 9.09. The molecule has 0 saturated carbocycles. The maximum absolute atomic E-state index is 12.5. The number of urea groups is 1. The van der Waals surface area contributed by atoms with E-state index in [1.807, 2.05) is 25.1 Å². The van der Waals surface area contributed by atoms with Crippen molar-refractivity contribution >= 4 is 28.9 Å². The van der Waals surface area contributed by atoms with Crippen LogP contribution in [0.15, 0.2) is 40.0 Å². The minimum Gasteiger partial charge on any atom is -0.463 e. The molecule has 28 heavy (non-hydrogen) atoms. The zero-order chi connectivity index (χ0) is 20.3.